The molecule has 15 N–H and O–H groups in total. The molecule has 0 fully saturated rings. The van der Waals surface area contributed by atoms with Crippen LogP contribution in [0, 0.1) is 0 Å². The van der Waals surface area contributed by atoms with Gasteiger partial charge < -0.3 is 54.8 Å². The normalized spacial score (nSPS) is 14.0. The molecule has 0 rings (SSSR count). The van der Waals surface area contributed by atoms with E-state index in [1.54, 1.807) is 0 Å². The molecule has 4 amide bonds. The Morgan fingerprint density at radius 3 is 1.89 bits per heavy atom. The summed E-state index contributed by atoms with van der Waals surface area (Å²) in [4.78, 5) is 63.9. The number of primary amides is 1. The second-order valence-corrected chi connectivity index (χ2v) is 8.05. The van der Waals surface area contributed by atoms with E-state index in [9.17, 15) is 34.2 Å². The van der Waals surface area contributed by atoms with E-state index in [0.717, 1.165) is 0 Å². The predicted molar refractivity (Wildman–Crippen MR) is 130 cm³/mol. The van der Waals surface area contributed by atoms with Gasteiger partial charge in [0.25, 0.3) is 0 Å². The molecule has 0 saturated heterocycles. The topological polar surface area (TPSA) is 304 Å². The van der Waals surface area contributed by atoms with E-state index in [-0.39, 0.29) is 38.2 Å². The van der Waals surface area contributed by atoms with E-state index in [1.165, 1.54) is 0 Å². The fourth-order valence-electron chi connectivity index (χ4n) is 2.97. The predicted octanol–water partition coefficient (Wildman–Crippen LogP) is -4.71. The summed E-state index contributed by atoms with van der Waals surface area (Å²) in [5.41, 5.74) is 26.7. The van der Waals surface area contributed by atoms with Crippen molar-refractivity contribution in [2.45, 2.75) is 69.1 Å². The molecule has 0 radical (unpaired) electrons. The van der Waals surface area contributed by atoms with Crippen LogP contribution in [0.4, 0.5) is 0 Å². The van der Waals surface area contributed by atoms with Gasteiger partial charge in [0.1, 0.15) is 18.1 Å². The highest BCUT2D eigenvalue weighted by Gasteiger charge is 2.30. The van der Waals surface area contributed by atoms with Crippen molar-refractivity contribution >= 4 is 35.6 Å². The highest BCUT2D eigenvalue weighted by atomic mass is 16.4. The molecule has 4 unspecified atom stereocenters. The highest BCUT2D eigenvalue weighted by molar-refractivity contribution is 5.94. The van der Waals surface area contributed by atoms with Gasteiger partial charge in [0.2, 0.25) is 23.6 Å². The van der Waals surface area contributed by atoms with Crippen molar-refractivity contribution in [2.75, 3.05) is 19.7 Å². The number of carboxylic acids is 1. The second kappa shape index (κ2) is 17.9. The molecule has 0 aromatic rings. The van der Waals surface area contributed by atoms with Crippen LogP contribution >= 0.6 is 0 Å². The SMILES string of the molecule is NCCCCC(NC(=O)C(CO)NC(=O)C(N)CCCN=C(N)N)C(=O)NC(CCC(N)=O)C(=O)O. The Labute approximate surface area is 208 Å². The fraction of sp³-hybridized carbons (Fsp3) is 0.700. The number of carbonyl (C=O) groups is 5. The maximum absolute atomic E-state index is 12.7. The lowest BCUT2D eigenvalue weighted by atomic mass is 10.1. The Balaban J connectivity index is 5.20. The Morgan fingerprint density at radius 1 is 0.778 bits per heavy atom. The number of rotatable bonds is 19. The minimum atomic E-state index is -1.42. The zero-order chi connectivity index (χ0) is 27.7. The number of aliphatic carboxylic acids is 1. The standard InChI is InChI=1S/C20H39N9O7/c21-8-2-1-5-12(17(33)28-13(19(35)36)6-7-15(23)31)27-18(34)14(10-30)29-16(32)11(22)4-3-9-26-20(24)25/h11-14,30H,1-10,21-22H2,(H2,23,31)(H,27,34)(H,28,33)(H,29,32)(H,35,36)(H4,24,25,26). The van der Waals surface area contributed by atoms with Crippen LogP contribution in [-0.2, 0) is 24.0 Å². The molecule has 0 spiro atoms. The number of hydrogen-bond acceptors (Lipinski definition) is 9. The van der Waals surface area contributed by atoms with Crippen LogP contribution in [0.15, 0.2) is 4.99 Å². The Hall–Kier alpha value is -3.50. The van der Waals surface area contributed by atoms with Crippen molar-refractivity contribution in [3.63, 3.8) is 0 Å². The molecule has 0 bridgehead atoms. The molecular formula is C20H39N9O7. The van der Waals surface area contributed by atoms with Gasteiger partial charge in [0, 0.05) is 13.0 Å². The molecular weight excluding hydrogens is 478 g/mol. The first-order valence-corrected chi connectivity index (χ1v) is 11.5. The summed E-state index contributed by atoms with van der Waals surface area (Å²) < 4.78 is 0. The number of hydrogen-bond donors (Lipinski definition) is 10. The minimum Gasteiger partial charge on any atom is -0.480 e. The van der Waals surface area contributed by atoms with E-state index in [1.807, 2.05) is 0 Å². The third-order valence-corrected chi connectivity index (χ3v) is 4.99. The van der Waals surface area contributed by atoms with Crippen molar-refractivity contribution in [3.8, 4) is 0 Å². The van der Waals surface area contributed by atoms with E-state index in [2.05, 4.69) is 20.9 Å². The first-order valence-electron chi connectivity index (χ1n) is 11.5. The largest absolute Gasteiger partial charge is 0.480 e. The van der Waals surface area contributed by atoms with Crippen LogP contribution in [0.2, 0.25) is 0 Å². The molecule has 0 aliphatic rings. The Bertz CT molecular complexity index is 775. The monoisotopic (exact) mass is 517 g/mol. The summed E-state index contributed by atoms with van der Waals surface area (Å²) in [6.45, 7) is -0.204. The lowest BCUT2D eigenvalue weighted by Gasteiger charge is -2.24. The molecule has 36 heavy (non-hydrogen) atoms. The number of guanidine groups is 1. The summed E-state index contributed by atoms with van der Waals surface area (Å²) >= 11 is 0. The Kier molecular flexibility index (Phi) is 16.1. The molecule has 0 heterocycles. The number of nitrogens with zero attached hydrogens (tertiary/aromatic N) is 1. The summed E-state index contributed by atoms with van der Waals surface area (Å²) in [5.74, 6) is -4.63. The lowest BCUT2D eigenvalue weighted by Crippen LogP contribution is -2.58. The summed E-state index contributed by atoms with van der Waals surface area (Å²) in [5, 5.41) is 25.9. The number of carbonyl (C=O) groups excluding carboxylic acids is 4. The van der Waals surface area contributed by atoms with Crippen LogP contribution in [0.5, 0.6) is 0 Å². The maximum atomic E-state index is 12.7. The number of amides is 4. The van der Waals surface area contributed by atoms with Gasteiger partial charge in [-0.1, -0.05) is 0 Å². The van der Waals surface area contributed by atoms with Crippen molar-refractivity contribution in [1.82, 2.24) is 16.0 Å². The smallest absolute Gasteiger partial charge is 0.326 e. The Morgan fingerprint density at radius 2 is 1.36 bits per heavy atom. The van der Waals surface area contributed by atoms with Crippen LogP contribution in [-0.4, -0.2) is 89.6 Å². The average molecular weight is 518 g/mol. The number of unbranched alkanes of at least 4 members (excludes halogenated alkanes) is 1. The van der Waals surface area contributed by atoms with Crippen LogP contribution in [0.1, 0.15) is 44.9 Å². The van der Waals surface area contributed by atoms with Crippen LogP contribution in [0.3, 0.4) is 0 Å². The molecule has 0 aliphatic carbocycles. The van der Waals surface area contributed by atoms with Gasteiger partial charge in [0.15, 0.2) is 5.96 Å². The fourth-order valence-corrected chi connectivity index (χ4v) is 2.97. The number of carboxylic acid groups (broad SMARTS) is 1. The number of aliphatic imine (C=N–C) groups is 1. The van der Waals surface area contributed by atoms with Gasteiger partial charge >= 0.3 is 5.97 Å². The number of aliphatic hydroxyl groups excluding tert-OH is 1. The molecule has 4 atom stereocenters. The van der Waals surface area contributed by atoms with Crippen molar-refractivity contribution in [2.24, 2.45) is 33.7 Å². The summed E-state index contributed by atoms with van der Waals surface area (Å²) in [6, 6.07) is -5.04. The number of aliphatic hydroxyl groups is 1. The molecule has 0 aromatic carbocycles. The van der Waals surface area contributed by atoms with Crippen LogP contribution < -0.4 is 44.6 Å². The molecule has 16 nitrogen and oxygen atoms in total. The van der Waals surface area contributed by atoms with Gasteiger partial charge in [-0.3, -0.25) is 24.2 Å². The molecule has 16 heteroatoms. The lowest BCUT2D eigenvalue weighted by molar-refractivity contribution is -0.142. The zero-order valence-electron chi connectivity index (χ0n) is 20.2. The summed E-state index contributed by atoms with van der Waals surface area (Å²) in [7, 11) is 0. The van der Waals surface area contributed by atoms with Crippen molar-refractivity contribution in [1.29, 1.82) is 0 Å². The zero-order valence-corrected chi connectivity index (χ0v) is 20.2. The van der Waals surface area contributed by atoms with E-state index < -0.39 is 60.4 Å². The second-order valence-electron chi connectivity index (χ2n) is 8.05. The van der Waals surface area contributed by atoms with E-state index >= 15 is 0 Å². The first-order chi connectivity index (χ1) is 16.9. The van der Waals surface area contributed by atoms with Gasteiger partial charge in [-0.2, -0.15) is 0 Å². The molecule has 0 aromatic heterocycles. The quantitative estimate of drug-likeness (QED) is 0.0440. The average Bonchev–Trinajstić information content (AvgIpc) is 2.81. The van der Waals surface area contributed by atoms with Crippen LogP contribution in [0.25, 0.3) is 0 Å². The van der Waals surface area contributed by atoms with Crippen molar-refractivity contribution in [3.05, 3.63) is 0 Å². The summed E-state index contributed by atoms with van der Waals surface area (Å²) in [6.07, 6.45) is 1.14. The van der Waals surface area contributed by atoms with Gasteiger partial charge in [-0.05, 0) is 45.1 Å². The van der Waals surface area contributed by atoms with E-state index in [0.29, 0.717) is 25.8 Å². The van der Waals surface area contributed by atoms with Gasteiger partial charge in [-0.15, -0.1) is 0 Å². The molecule has 206 valence electrons. The number of nitrogens with one attached hydrogen (secondary N) is 3. The van der Waals surface area contributed by atoms with E-state index in [4.69, 9.17) is 28.7 Å². The minimum absolute atomic E-state index is 0.0994. The highest BCUT2D eigenvalue weighted by Crippen LogP contribution is 2.05. The van der Waals surface area contributed by atoms with Crippen molar-refractivity contribution < 1.29 is 34.2 Å². The maximum Gasteiger partial charge on any atom is 0.326 e. The van der Waals surface area contributed by atoms with Gasteiger partial charge in [0.05, 0.1) is 12.6 Å². The first kappa shape index (κ1) is 32.5. The third-order valence-electron chi connectivity index (χ3n) is 4.99. The molecule has 0 saturated carbocycles. The van der Waals surface area contributed by atoms with Gasteiger partial charge in [-0.25, -0.2) is 4.79 Å². The molecule has 0 aliphatic heterocycles. The third kappa shape index (κ3) is 14.0. The number of nitrogens with two attached hydrogens (primary N) is 5.